The second kappa shape index (κ2) is 10.0. The zero-order valence-electron chi connectivity index (χ0n) is 21.7. The number of hydrogen-bond donors (Lipinski definition) is 2. The molecule has 0 amide bonds. The number of phenolic OH excluding ortho intramolecular Hbond substituents is 1. The lowest BCUT2D eigenvalue weighted by Gasteiger charge is -2.15. The molecular formula is C30H20F3N7O2. The molecule has 0 saturated heterocycles. The summed E-state index contributed by atoms with van der Waals surface area (Å²) in [4.78, 5) is 27.1. The van der Waals surface area contributed by atoms with Crippen LogP contribution in [0.15, 0.2) is 77.9 Å². The Hall–Kier alpha value is -5.70. The van der Waals surface area contributed by atoms with Crippen molar-refractivity contribution in [3.05, 3.63) is 106 Å². The third-order valence-corrected chi connectivity index (χ3v) is 6.83. The third-order valence-electron chi connectivity index (χ3n) is 6.83. The summed E-state index contributed by atoms with van der Waals surface area (Å²) in [6.45, 7) is -0.119. The molecule has 3 N–H and O–H groups in total. The molecular weight excluding hydrogens is 547 g/mol. The molecule has 0 aliphatic carbocycles. The highest BCUT2D eigenvalue weighted by Gasteiger charge is 2.30. The lowest BCUT2D eigenvalue weighted by Crippen LogP contribution is -2.28. The van der Waals surface area contributed by atoms with Crippen molar-refractivity contribution in [3.63, 3.8) is 0 Å². The van der Waals surface area contributed by atoms with Crippen LogP contribution in [0.3, 0.4) is 0 Å². The van der Waals surface area contributed by atoms with Gasteiger partial charge in [-0.25, -0.2) is 19.6 Å². The summed E-state index contributed by atoms with van der Waals surface area (Å²) in [6.07, 6.45) is 2.46. The summed E-state index contributed by atoms with van der Waals surface area (Å²) in [6, 6.07) is 15.9. The van der Waals surface area contributed by atoms with Gasteiger partial charge in [0.2, 0.25) is 0 Å². The Balaban J connectivity index is 1.53. The highest BCUT2D eigenvalue weighted by atomic mass is 19.4. The van der Waals surface area contributed by atoms with E-state index in [-0.39, 0.29) is 35.9 Å². The molecule has 3 heterocycles. The SMILES string of the molecule is C#Cc1cccc2nc(Cn3nc(-c4ccc(O)cc4)c4c(N)ncnc43)n(Cc3ccc(C(F)(F)F)cc3)c(=O)c12. The molecule has 12 heteroatoms. The molecule has 208 valence electrons. The van der Waals surface area contributed by atoms with Gasteiger partial charge in [0.25, 0.3) is 5.56 Å². The monoisotopic (exact) mass is 567 g/mol. The van der Waals surface area contributed by atoms with Crippen molar-refractivity contribution in [1.29, 1.82) is 0 Å². The van der Waals surface area contributed by atoms with Crippen molar-refractivity contribution < 1.29 is 18.3 Å². The van der Waals surface area contributed by atoms with E-state index in [0.29, 0.717) is 38.9 Å². The second-order valence-electron chi connectivity index (χ2n) is 9.47. The summed E-state index contributed by atoms with van der Waals surface area (Å²) in [7, 11) is 0. The van der Waals surface area contributed by atoms with Gasteiger partial charge in [-0.15, -0.1) is 6.42 Å². The largest absolute Gasteiger partial charge is 0.508 e. The van der Waals surface area contributed by atoms with E-state index in [2.05, 4.69) is 15.9 Å². The van der Waals surface area contributed by atoms with Crippen LogP contribution < -0.4 is 11.3 Å². The summed E-state index contributed by atoms with van der Waals surface area (Å²) >= 11 is 0. The van der Waals surface area contributed by atoms with Crippen LogP contribution in [0.4, 0.5) is 19.0 Å². The molecule has 0 unspecified atom stereocenters. The molecule has 0 aliphatic heterocycles. The Morgan fingerprint density at radius 2 is 1.69 bits per heavy atom. The number of nitrogens with zero attached hydrogens (tertiary/aromatic N) is 6. The number of aromatic hydroxyl groups is 1. The molecule has 0 saturated carbocycles. The number of rotatable bonds is 5. The Morgan fingerprint density at radius 1 is 0.952 bits per heavy atom. The van der Waals surface area contributed by atoms with Gasteiger partial charge in [0.15, 0.2) is 5.65 Å². The lowest BCUT2D eigenvalue weighted by molar-refractivity contribution is -0.137. The highest BCUT2D eigenvalue weighted by molar-refractivity contribution is 5.98. The topological polar surface area (TPSA) is 125 Å². The standard InChI is InChI=1S/C30H20F3N7O2/c1-2-18-4-3-5-22-24(18)29(42)39(14-17-6-10-20(11-7-17)30(31,32)33)23(37-22)15-40-28-25(27(34)35-16-36-28)26(38-40)19-8-12-21(41)13-9-19/h1,3-13,16,41H,14-15H2,(H2,34,35,36). The predicted octanol–water partition coefficient (Wildman–Crippen LogP) is 4.59. The van der Waals surface area contributed by atoms with Crippen molar-refractivity contribution in [3.8, 4) is 29.4 Å². The zero-order valence-corrected chi connectivity index (χ0v) is 21.7. The maximum atomic E-state index is 13.9. The van der Waals surface area contributed by atoms with E-state index < -0.39 is 17.3 Å². The minimum atomic E-state index is -4.49. The number of hydrogen-bond acceptors (Lipinski definition) is 7. The van der Waals surface area contributed by atoms with Gasteiger partial charge in [-0.2, -0.15) is 18.3 Å². The lowest BCUT2D eigenvalue weighted by atomic mass is 10.1. The van der Waals surface area contributed by atoms with Crippen molar-refractivity contribution in [2.45, 2.75) is 19.3 Å². The van der Waals surface area contributed by atoms with Gasteiger partial charge in [-0.1, -0.05) is 24.1 Å². The summed E-state index contributed by atoms with van der Waals surface area (Å²) in [5.74, 6) is 3.03. The molecule has 0 atom stereocenters. The van der Waals surface area contributed by atoms with Crippen molar-refractivity contribution in [1.82, 2.24) is 29.3 Å². The quantitative estimate of drug-likeness (QED) is 0.292. The van der Waals surface area contributed by atoms with E-state index in [1.54, 1.807) is 30.3 Å². The molecule has 3 aromatic carbocycles. The predicted molar refractivity (Wildman–Crippen MR) is 150 cm³/mol. The summed E-state index contributed by atoms with van der Waals surface area (Å²) in [5, 5.41) is 15.1. The molecule has 9 nitrogen and oxygen atoms in total. The zero-order chi connectivity index (χ0) is 29.6. The number of terminal acetylenes is 1. The maximum Gasteiger partial charge on any atom is 0.416 e. The fourth-order valence-corrected chi connectivity index (χ4v) is 4.79. The van der Waals surface area contributed by atoms with Crippen LogP contribution in [-0.2, 0) is 19.3 Å². The van der Waals surface area contributed by atoms with Crippen LogP contribution in [0, 0.1) is 12.3 Å². The van der Waals surface area contributed by atoms with Gasteiger partial charge < -0.3 is 10.8 Å². The van der Waals surface area contributed by atoms with Gasteiger partial charge in [0.1, 0.15) is 36.0 Å². The average molecular weight is 568 g/mol. The van der Waals surface area contributed by atoms with E-state index in [9.17, 15) is 23.1 Å². The van der Waals surface area contributed by atoms with E-state index in [0.717, 1.165) is 12.1 Å². The normalized spacial score (nSPS) is 11.7. The minimum absolute atomic E-state index is 0.0445. The molecule has 0 radical (unpaired) electrons. The minimum Gasteiger partial charge on any atom is -0.508 e. The molecule has 6 aromatic rings. The Kier molecular flexibility index (Phi) is 6.34. The van der Waals surface area contributed by atoms with Gasteiger partial charge in [0, 0.05) is 11.1 Å². The van der Waals surface area contributed by atoms with Crippen LogP contribution in [0.1, 0.15) is 22.5 Å². The van der Waals surface area contributed by atoms with Crippen LogP contribution >= 0.6 is 0 Å². The first kappa shape index (κ1) is 26.5. The van der Waals surface area contributed by atoms with Crippen LogP contribution in [0.25, 0.3) is 33.2 Å². The number of aromatic nitrogens is 6. The molecule has 0 bridgehead atoms. The average Bonchev–Trinajstić information content (AvgIpc) is 3.34. The molecule has 0 aliphatic rings. The molecule has 42 heavy (non-hydrogen) atoms. The molecule has 6 rings (SSSR count). The summed E-state index contributed by atoms with van der Waals surface area (Å²) < 4.78 is 42.3. The Bertz CT molecular complexity index is 2080. The third kappa shape index (κ3) is 4.66. The number of benzene rings is 3. The fraction of sp³-hybridized carbons (Fsp3) is 0.100. The van der Waals surface area contributed by atoms with Crippen LogP contribution in [-0.4, -0.2) is 34.4 Å². The van der Waals surface area contributed by atoms with E-state index in [4.69, 9.17) is 22.2 Å². The van der Waals surface area contributed by atoms with Gasteiger partial charge in [-0.3, -0.25) is 9.36 Å². The van der Waals surface area contributed by atoms with Gasteiger partial charge in [0.05, 0.1) is 28.4 Å². The Labute approximate surface area is 235 Å². The van der Waals surface area contributed by atoms with Gasteiger partial charge >= 0.3 is 6.18 Å². The number of halogens is 3. The van der Waals surface area contributed by atoms with E-state index >= 15 is 0 Å². The number of fused-ring (bicyclic) bond motifs is 2. The van der Waals surface area contributed by atoms with E-state index in [1.807, 2.05) is 0 Å². The van der Waals surface area contributed by atoms with Crippen molar-refractivity contribution in [2.24, 2.45) is 0 Å². The highest BCUT2D eigenvalue weighted by Crippen LogP contribution is 2.32. The Morgan fingerprint density at radius 3 is 2.38 bits per heavy atom. The number of nitrogen functional groups attached to an aromatic ring is 1. The first-order chi connectivity index (χ1) is 20.1. The van der Waals surface area contributed by atoms with E-state index in [1.165, 1.54) is 39.8 Å². The maximum absolute atomic E-state index is 13.9. The number of nitrogens with two attached hydrogens (primary N) is 1. The smallest absolute Gasteiger partial charge is 0.416 e. The van der Waals surface area contributed by atoms with Crippen molar-refractivity contribution in [2.75, 3.05) is 5.73 Å². The first-order valence-electron chi connectivity index (χ1n) is 12.6. The number of phenols is 1. The van der Waals surface area contributed by atoms with Crippen LogP contribution in [0.5, 0.6) is 5.75 Å². The molecule has 3 aromatic heterocycles. The number of anilines is 1. The van der Waals surface area contributed by atoms with Crippen LogP contribution in [0.2, 0.25) is 0 Å². The second-order valence-corrected chi connectivity index (χ2v) is 9.47. The molecule has 0 fully saturated rings. The van der Waals surface area contributed by atoms with Crippen molar-refractivity contribution >= 4 is 27.8 Å². The number of alkyl halides is 3. The molecule has 0 spiro atoms. The van der Waals surface area contributed by atoms with Gasteiger partial charge in [-0.05, 0) is 54.1 Å². The summed E-state index contributed by atoms with van der Waals surface area (Å²) in [5.41, 5.74) is 7.59. The first-order valence-corrected chi connectivity index (χ1v) is 12.6. The fourth-order valence-electron chi connectivity index (χ4n) is 4.79.